The molecule has 0 aromatic carbocycles. The molecule has 1 saturated carbocycles. The fourth-order valence-electron chi connectivity index (χ4n) is 2.58. The summed E-state index contributed by atoms with van der Waals surface area (Å²) in [7, 11) is 0. The van der Waals surface area contributed by atoms with Crippen LogP contribution in [0, 0.1) is 10.8 Å². The molecule has 2 aliphatic rings. The summed E-state index contributed by atoms with van der Waals surface area (Å²) in [4.78, 5) is 0. The second-order valence-corrected chi connectivity index (χ2v) is 4.46. The van der Waals surface area contributed by atoms with E-state index in [1.165, 1.54) is 19.3 Å². The zero-order valence-electron chi connectivity index (χ0n) is 7.19. The molecule has 0 bridgehead atoms. The van der Waals surface area contributed by atoms with Gasteiger partial charge in [0, 0.05) is 18.6 Å². The minimum atomic E-state index is 0.302. The van der Waals surface area contributed by atoms with Crippen molar-refractivity contribution in [1.82, 2.24) is 5.32 Å². The predicted octanol–water partition coefficient (Wildman–Crippen LogP) is 0.758. The zero-order valence-corrected chi connectivity index (χ0v) is 7.19. The zero-order chi connectivity index (χ0) is 7.95. The molecule has 2 N–H and O–H groups in total. The Morgan fingerprint density at radius 3 is 3.09 bits per heavy atom. The lowest BCUT2D eigenvalue weighted by Gasteiger charge is -2.16. The highest BCUT2D eigenvalue weighted by Gasteiger charge is 2.63. The van der Waals surface area contributed by atoms with E-state index in [0.717, 1.165) is 13.1 Å². The topological polar surface area (TPSA) is 32.3 Å². The summed E-state index contributed by atoms with van der Waals surface area (Å²) >= 11 is 0. The number of fused-ring (bicyclic) bond motifs is 1. The van der Waals surface area contributed by atoms with Gasteiger partial charge >= 0.3 is 0 Å². The summed E-state index contributed by atoms with van der Waals surface area (Å²) in [5, 5.41) is 12.7. The summed E-state index contributed by atoms with van der Waals surface area (Å²) < 4.78 is 0. The van der Waals surface area contributed by atoms with Crippen LogP contribution in [-0.2, 0) is 0 Å². The molecular formula is C9H17NO. The average molecular weight is 155 g/mol. The first-order valence-electron chi connectivity index (χ1n) is 4.54. The van der Waals surface area contributed by atoms with Gasteiger partial charge in [0.2, 0.25) is 0 Å². The van der Waals surface area contributed by atoms with E-state index in [1.807, 2.05) is 0 Å². The molecule has 0 aromatic rings. The van der Waals surface area contributed by atoms with Crippen molar-refractivity contribution in [3.63, 3.8) is 0 Å². The van der Waals surface area contributed by atoms with Gasteiger partial charge in [0.1, 0.15) is 0 Å². The largest absolute Gasteiger partial charge is 0.396 e. The molecule has 0 aromatic heterocycles. The second-order valence-electron chi connectivity index (χ2n) is 4.46. The Morgan fingerprint density at radius 1 is 1.55 bits per heavy atom. The smallest absolute Gasteiger partial charge is 0.0493 e. The molecule has 1 heterocycles. The van der Waals surface area contributed by atoms with Crippen molar-refractivity contribution in [2.75, 3.05) is 19.7 Å². The Bertz CT molecular complexity index is 167. The van der Waals surface area contributed by atoms with Crippen LogP contribution in [0.15, 0.2) is 0 Å². The van der Waals surface area contributed by atoms with Gasteiger partial charge in [-0.25, -0.2) is 0 Å². The molecule has 1 aliphatic carbocycles. The summed E-state index contributed by atoms with van der Waals surface area (Å²) in [6, 6.07) is 0. The third-order valence-electron chi connectivity index (χ3n) is 3.71. The monoisotopic (exact) mass is 155 g/mol. The Balaban J connectivity index is 2.11. The molecule has 1 aliphatic heterocycles. The van der Waals surface area contributed by atoms with Crippen LogP contribution >= 0.6 is 0 Å². The van der Waals surface area contributed by atoms with Crippen LogP contribution in [0.2, 0.25) is 0 Å². The molecule has 11 heavy (non-hydrogen) atoms. The van der Waals surface area contributed by atoms with E-state index >= 15 is 0 Å². The Morgan fingerprint density at radius 2 is 2.36 bits per heavy atom. The van der Waals surface area contributed by atoms with Crippen molar-refractivity contribution in [3.8, 4) is 0 Å². The number of nitrogens with one attached hydrogen (secondary N) is 1. The summed E-state index contributed by atoms with van der Waals surface area (Å²) in [6.07, 6.45) is 3.67. The maximum atomic E-state index is 9.25. The molecule has 2 nitrogen and oxygen atoms in total. The van der Waals surface area contributed by atoms with Crippen molar-refractivity contribution in [3.05, 3.63) is 0 Å². The number of rotatable bonds is 1. The quantitative estimate of drug-likeness (QED) is 0.586. The van der Waals surface area contributed by atoms with Crippen molar-refractivity contribution in [2.45, 2.75) is 26.2 Å². The standard InChI is InChI=1S/C9H17NO/c1-8-5-9(8,7-11)3-2-4-10-6-8/h10-11H,2-7H2,1H3/t8-,9-/m1/s1. The number of aliphatic hydroxyl groups excluding tert-OH is 1. The van der Waals surface area contributed by atoms with Gasteiger partial charge in [-0.15, -0.1) is 0 Å². The van der Waals surface area contributed by atoms with Crippen molar-refractivity contribution < 1.29 is 5.11 Å². The van der Waals surface area contributed by atoms with Crippen LogP contribution in [0.25, 0.3) is 0 Å². The first-order valence-corrected chi connectivity index (χ1v) is 4.54. The molecule has 0 spiro atoms. The maximum Gasteiger partial charge on any atom is 0.0493 e. The van der Waals surface area contributed by atoms with Crippen molar-refractivity contribution >= 4 is 0 Å². The highest BCUT2D eigenvalue weighted by Crippen LogP contribution is 2.66. The highest BCUT2D eigenvalue weighted by molar-refractivity contribution is 5.13. The van der Waals surface area contributed by atoms with E-state index in [2.05, 4.69) is 12.2 Å². The van der Waals surface area contributed by atoms with Crippen molar-refractivity contribution in [2.24, 2.45) is 10.8 Å². The van der Waals surface area contributed by atoms with E-state index in [9.17, 15) is 5.11 Å². The lowest BCUT2D eigenvalue weighted by atomic mass is 9.92. The van der Waals surface area contributed by atoms with Crippen LogP contribution in [0.1, 0.15) is 26.2 Å². The molecule has 1 saturated heterocycles. The third-order valence-corrected chi connectivity index (χ3v) is 3.71. The van der Waals surface area contributed by atoms with Gasteiger partial charge in [0.25, 0.3) is 0 Å². The first kappa shape index (κ1) is 7.56. The highest BCUT2D eigenvalue weighted by atomic mass is 16.3. The lowest BCUT2D eigenvalue weighted by Crippen LogP contribution is -2.24. The van der Waals surface area contributed by atoms with Gasteiger partial charge in [-0.3, -0.25) is 0 Å². The van der Waals surface area contributed by atoms with Crippen LogP contribution in [-0.4, -0.2) is 24.8 Å². The van der Waals surface area contributed by atoms with E-state index in [1.54, 1.807) is 0 Å². The molecule has 64 valence electrons. The summed E-state index contributed by atoms with van der Waals surface area (Å²) in [6.45, 7) is 4.93. The lowest BCUT2D eigenvalue weighted by molar-refractivity contribution is 0.171. The molecule has 0 unspecified atom stereocenters. The fourth-order valence-corrected chi connectivity index (χ4v) is 2.58. The number of hydrogen-bond donors (Lipinski definition) is 2. The summed E-state index contributed by atoms with van der Waals surface area (Å²) in [5.74, 6) is 0. The van der Waals surface area contributed by atoms with Gasteiger partial charge in [-0.2, -0.15) is 0 Å². The first-order chi connectivity index (χ1) is 5.22. The van der Waals surface area contributed by atoms with Crippen LogP contribution < -0.4 is 5.32 Å². The van der Waals surface area contributed by atoms with Crippen LogP contribution in [0.4, 0.5) is 0 Å². The number of hydrogen-bond acceptors (Lipinski definition) is 2. The average Bonchev–Trinajstić information content (AvgIpc) is 2.57. The Labute approximate surface area is 68.0 Å². The molecule has 2 heteroatoms. The van der Waals surface area contributed by atoms with Gasteiger partial charge in [-0.05, 0) is 31.2 Å². The Kier molecular flexibility index (Phi) is 1.52. The van der Waals surface area contributed by atoms with Gasteiger partial charge in [-0.1, -0.05) is 6.92 Å². The van der Waals surface area contributed by atoms with Crippen LogP contribution in [0.3, 0.4) is 0 Å². The maximum absolute atomic E-state index is 9.25. The van der Waals surface area contributed by atoms with E-state index in [4.69, 9.17) is 0 Å². The van der Waals surface area contributed by atoms with Gasteiger partial charge in [0.15, 0.2) is 0 Å². The minimum Gasteiger partial charge on any atom is -0.396 e. The predicted molar refractivity (Wildman–Crippen MR) is 44.3 cm³/mol. The second kappa shape index (κ2) is 2.20. The molecule has 0 radical (unpaired) electrons. The molecule has 2 atom stereocenters. The normalized spacial score (nSPS) is 49.6. The van der Waals surface area contributed by atoms with Gasteiger partial charge < -0.3 is 10.4 Å². The SMILES string of the molecule is C[C@@]12CNCCC[C@]1(CO)C2. The third kappa shape index (κ3) is 0.926. The van der Waals surface area contributed by atoms with E-state index in [0.29, 0.717) is 17.4 Å². The minimum absolute atomic E-state index is 0.302. The molecular weight excluding hydrogens is 138 g/mol. The van der Waals surface area contributed by atoms with Gasteiger partial charge in [0.05, 0.1) is 0 Å². The fraction of sp³-hybridized carbons (Fsp3) is 1.00. The Hall–Kier alpha value is -0.0800. The molecule has 2 rings (SSSR count). The molecule has 0 amide bonds. The molecule has 2 fully saturated rings. The van der Waals surface area contributed by atoms with Crippen molar-refractivity contribution in [1.29, 1.82) is 0 Å². The van der Waals surface area contributed by atoms with E-state index < -0.39 is 0 Å². The van der Waals surface area contributed by atoms with Crippen LogP contribution in [0.5, 0.6) is 0 Å². The number of aliphatic hydroxyl groups is 1. The summed E-state index contributed by atoms with van der Waals surface area (Å²) in [5.41, 5.74) is 0.717. The van der Waals surface area contributed by atoms with E-state index in [-0.39, 0.29) is 0 Å².